The highest BCUT2D eigenvalue weighted by Gasteiger charge is 2.18. The van der Waals surface area contributed by atoms with Gasteiger partial charge in [-0.15, -0.1) is 0 Å². The van der Waals surface area contributed by atoms with Gasteiger partial charge in [-0.25, -0.2) is 28.1 Å². The standard InChI is InChI=1S/C20H31N3O9S3/c1-12(33)8-15(24)30-6-4-21-18(27)22(5-7-31-16(25)9-13(2)34)20(29)23(19(21)28)11-32-17(26)10-14(3)35/h12-14,33-35H,4-11H2,1-3H3. The van der Waals surface area contributed by atoms with Crippen molar-refractivity contribution in [1.82, 2.24) is 13.7 Å². The highest BCUT2D eigenvalue weighted by Crippen LogP contribution is 2.02. The molecule has 3 unspecified atom stereocenters. The van der Waals surface area contributed by atoms with Crippen molar-refractivity contribution in [3.63, 3.8) is 0 Å². The molecule has 0 aliphatic carbocycles. The second-order valence-electron chi connectivity index (χ2n) is 7.82. The van der Waals surface area contributed by atoms with Crippen LogP contribution >= 0.6 is 37.9 Å². The molecule has 1 rings (SSSR count). The lowest BCUT2D eigenvalue weighted by molar-refractivity contribution is -0.148. The summed E-state index contributed by atoms with van der Waals surface area (Å²) < 4.78 is 16.9. The molecule has 0 amide bonds. The maximum Gasteiger partial charge on any atom is 0.339 e. The highest BCUT2D eigenvalue weighted by atomic mass is 32.1. The second kappa shape index (κ2) is 15.1. The van der Waals surface area contributed by atoms with Crippen LogP contribution in [0.25, 0.3) is 0 Å². The lowest BCUT2D eigenvalue weighted by atomic mass is 10.3. The minimum atomic E-state index is -1.05. The van der Waals surface area contributed by atoms with Crippen LogP contribution in [0, 0.1) is 0 Å². The molecule has 15 heteroatoms. The zero-order valence-electron chi connectivity index (χ0n) is 19.7. The molecule has 0 radical (unpaired) electrons. The van der Waals surface area contributed by atoms with Gasteiger partial charge in [0.05, 0.1) is 32.4 Å². The number of hydrogen-bond donors (Lipinski definition) is 3. The molecule has 198 valence electrons. The Morgan fingerprint density at radius 2 is 0.943 bits per heavy atom. The number of carbonyl (C=O) groups excluding carboxylic acids is 3. The topological polar surface area (TPSA) is 145 Å². The Labute approximate surface area is 218 Å². The number of ether oxygens (including phenoxy) is 3. The van der Waals surface area contributed by atoms with E-state index in [-0.39, 0.29) is 61.3 Å². The number of esters is 3. The summed E-state index contributed by atoms with van der Waals surface area (Å²) in [5, 5.41) is -0.798. The molecule has 0 fully saturated rings. The highest BCUT2D eigenvalue weighted by molar-refractivity contribution is 7.81. The van der Waals surface area contributed by atoms with E-state index in [0.717, 1.165) is 0 Å². The monoisotopic (exact) mass is 553 g/mol. The molecule has 12 nitrogen and oxygen atoms in total. The van der Waals surface area contributed by atoms with Crippen LogP contribution in [0.4, 0.5) is 0 Å². The predicted octanol–water partition coefficient (Wildman–Crippen LogP) is -0.116. The first kappa shape index (κ1) is 30.9. The van der Waals surface area contributed by atoms with E-state index >= 15 is 0 Å². The largest absolute Gasteiger partial charge is 0.464 e. The first-order valence-electron chi connectivity index (χ1n) is 10.8. The van der Waals surface area contributed by atoms with Gasteiger partial charge in [-0.3, -0.25) is 14.4 Å². The van der Waals surface area contributed by atoms with Crippen molar-refractivity contribution in [3.8, 4) is 0 Å². The molecule has 0 aliphatic rings. The Hall–Kier alpha value is -2.13. The molecule has 0 spiro atoms. The van der Waals surface area contributed by atoms with Crippen LogP contribution in [0.2, 0.25) is 0 Å². The molecular formula is C20H31N3O9S3. The Balaban J connectivity index is 3.17. The van der Waals surface area contributed by atoms with E-state index in [4.69, 9.17) is 14.2 Å². The maximum atomic E-state index is 12.8. The Morgan fingerprint density at radius 1 is 0.629 bits per heavy atom. The Bertz CT molecular complexity index is 994. The third-order valence-electron chi connectivity index (χ3n) is 4.28. The predicted molar refractivity (Wildman–Crippen MR) is 136 cm³/mol. The van der Waals surface area contributed by atoms with Gasteiger partial charge >= 0.3 is 35.0 Å². The summed E-state index contributed by atoms with van der Waals surface area (Å²) in [6.07, 6.45) is -0.0141. The summed E-state index contributed by atoms with van der Waals surface area (Å²) in [5.74, 6) is -1.85. The number of rotatable bonds is 14. The molecule has 35 heavy (non-hydrogen) atoms. The van der Waals surface area contributed by atoms with Crippen molar-refractivity contribution >= 4 is 55.8 Å². The summed E-state index contributed by atoms with van der Waals surface area (Å²) in [7, 11) is 0. The molecule has 1 aromatic heterocycles. The summed E-state index contributed by atoms with van der Waals surface area (Å²) >= 11 is 12.3. The second-order valence-corrected chi connectivity index (χ2v) is 10.5. The van der Waals surface area contributed by atoms with Crippen molar-refractivity contribution in [2.75, 3.05) is 13.2 Å². The van der Waals surface area contributed by atoms with Gasteiger partial charge in [0.15, 0.2) is 6.73 Å². The number of nitrogens with zero attached hydrogens (tertiary/aromatic N) is 3. The fourth-order valence-corrected chi connectivity index (χ4v) is 3.16. The maximum absolute atomic E-state index is 12.8. The van der Waals surface area contributed by atoms with Crippen LogP contribution in [0.1, 0.15) is 40.0 Å². The normalized spacial score (nSPS) is 13.5. The molecular weight excluding hydrogens is 522 g/mol. The smallest absolute Gasteiger partial charge is 0.339 e. The van der Waals surface area contributed by atoms with E-state index in [9.17, 15) is 28.8 Å². The molecule has 0 aliphatic heterocycles. The Kier molecular flexibility index (Phi) is 13.3. The van der Waals surface area contributed by atoms with Crippen molar-refractivity contribution in [2.24, 2.45) is 0 Å². The molecule has 0 aromatic carbocycles. The minimum absolute atomic E-state index is 0.0253. The summed E-state index contributed by atoms with van der Waals surface area (Å²) in [5.41, 5.74) is -3.10. The van der Waals surface area contributed by atoms with E-state index in [1.54, 1.807) is 20.8 Å². The van der Waals surface area contributed by atoms with Gasteiger partial charge in [0.2, 0.25) is 0 Å². The van der Waals surface area contributed by atoms with E-state index in [1.807, 2.05) is 0 Å². The lowest BCUT2D eigenvalue weighted by Crippen LogP contribution is -2.55. The minimum Gasteiger partial charge on any atom is -0.464 e. The zero-order valence-corrected chi connectivity index (χ0v) is 22.4. The number of hydrogen-bond acceptors (Lipinski definition) is 12. The fraction of sp³-hybridized carbons (Fsp3) is 0.700. The Morgan fingerprint density at radius 3 is 1.29 bits per heavy atom. The molecule has 0 saturated heterocycles. The van der Waals surface area contributed by atoms with Gasteiger partial charge in [0, 0.05) is 15.7 Å². The number of thiol groups is 3. The molecule has 3 atom stereocenters. The van der Waals surface area contributed by atoms with Gasteiger partial charge in [0.25, 0.3) is 0 Å². The van der Waals surface area contributed by atoms with Crippen molar-refractivity contribution < 1.29 is 28.6 Å². The van der Waals surface area contributed by atoms with Crippen LogP contribution < -0.4 is 17.1 Å². The van der Waals surface area contributed by atoms with Crippen LogP contribution in [0.3, 0.4) is 0 Å². The van der Waals surface area contributed by atoms with Gasteiger partial charge in [0.1, 0.15) is 13.2 Å². The molecule has 1 aromatic rings. The van der Waals surface area contributed by atoms with Crippen molar-refractivity contribution in [2.45, 2.75) is 75.6 Å². The first-order valence-corrected chi connectivity index (χ1v) is 12.3. The van der Waals surface area contributed by atoms with Crippen LogP contribution in [-0.2, 0) is 48.4 Å². The van der Waals surface area contributed by atoms with E-state index < -0.39 is 41.7 Å². The summed E-state index contributed by atoms with van der Waals surface area (Å²) in [4.78, 5) is 73.8. The van der Waals surface area contributed by atoms with Gasteiger partial charge in [-0.05, 0) is 0 Å². The van der Waals surface area contributed by atoms with Crippen LogP contribution in [0.5, 0.6) is 0 Å². The lowest BCUT2D eigenvalue weighted by Gasteiger charge is -2.15. The third kappa shape index (κ3) is 11.0. The fourth-order valence-electron chi connectivity index (χ4n) is 2.71. The van der Waals surface area contributed by atoms with Gasteiger partial charge < -0.3 is 14.2 Å². The van der Waals surface area contributed by atoms with Crippen molar-refractivity contribution in [1.29, 1.82) is 0 Å². The van der Waals surface area contributed by atoms with Gasteiger partial charge in [-0.1, -0.05) is 20.8 Å². The zero-order chi connectivity index (χ0) is 26.7. The molecule has 0 saturated carbocycles. The van der Waals surface area contributed by atoms with Crippen LogP contribution in [0.15, 0.2) is 14.4 Å². The number of carbonyl (C=O) groups is 3. The molecule has 0 bridgehead atoms. The summed E-state index contributed by atoms with van der Waals surface area (Å²) in [6.45, 7) is 2.95. The van der Waals surface area contributed by atoms with Crippen LogP contribution in [-0.4, -0.2) is 60.6 Å². The number of aromatic nitrogens is 3. The van der Waals surface area contributed by atoms with Crippen molar-refractivity contribution in [3.05, 3.63) is 31.5 Å². The average Bonchev–Trinajstić information content (AvgIpc) is 2.71. The molecule has 1 heterocycles. The van der Waals surface area contributed by atoms with E-state index in [0.29, 0.717) is 13.7 Å². The van der Waals surface area contributed by atoms with Gasteiger partial charge in [-0.2, -0.15) is 37.9 Å². The first-order chi connectivity index (χ1) is 16.3. The molecule has 0 N–H and O–H groups in total. The van der Waals surface area contributed by atoms with E-state index in [2.05, 4.69) is 37.9 Å². The third-order valence-corrected chi connectivity index (χ3v) is 4.83. The van der Waals surface area contributed by atoms with E-state index in [1.165, 1.54) is 0 Å². The quantitative estimate of drug-likeness (QED) is 0.163. The average molecular weight is 554 g/mol. The SMILES string of the molecule is CC(S)CC(=O)OCCn1c(=O)n(CCOC(=O)CC(C)S)c(=O)n(COC(=O)CC(C)S)c1=O. The summed E-state index contributed by atoms with van der Waals surface area (Å²) in [6, 6.07) is 0.